The Kier molecular flexibility index (Phi) is 8.66. The smallest absolute Gasteiger partial charge is 0.173 e. The highest BCUT2D eigenvalue weighted by molar-refractivity contribution is 7.86. The molecule has 3 aromatic heterocycles. The third kappa shape index (κ3) is 5.71. The summed E-state index contributed by atoms with van der Waals surface area (Å²) in [5.74, 6) is 0. The summed E-state index contributed by atoms with van der Waals surface area (Å²) >= 11 is 0. The van der Waals surface area contributed by atoms with Gasteiger partial charge in [0.05, 0.1) is 22.2 Å². The van der Waals surface area contributed by atoms with Crippen LogP contribution in [-0.4, -0.2) is 14.4 Å². The fourth-order valence-electron chi connectivity index (χ4n) is 9.58. The predicted octanol–water partition coefficient (Wildman–Crippen LogP) is 11.4. The molecule has 0 bridgehead atoms. The minimum atomic E-state index is -3.30. The molecule has 0 aliphatic carbocycles. The quantitative estimate of drug-likeness (QED) is 0.118. The maximum atomic E-state index is 15.6. The highest BCUT2D eigenvalue weighted by Crippen LogP contribution is 2.46. The van der Waals surface area contributed by atoms with Gasteiger partial charge in [0.2, 0.25) is 0 Å². The molecular formula is C56H37N3O2P2. The van der Waals surface area contributed by atoms with Crippen LogP contribution in [0.3, 0.4) is 0 Å². The number of imidazole rings is 1. The summed E-state index contributed by atoms with van der Waals surface area (Å²) in [7, 11) is -6.56. The van der Waals surface area contributed by atoms with Gasteiger partial charge in [-0.2, -0.15) is 0 Å². The molecule has 298 valence electrons. The molecule has 0 fully saturated rings. The summed E-state index contributed by atoms with van der Waals surface area (Å²) in [6.07, 6.45) is 1.83. The Morgan fingerprint density at radius 1 is 0.397 bits per heavy atom. The Balaban J connectivity index is 1.09. The molecule has 0 aliphatic rings. The molecule has 0 spiro atoms. The van der Waals surface area contributed by atoms with E-state index in [4.69, 9.17) is 9.97 Å². The van der Waals surface area contributed by atoms with Crippen molar-refractivity contribution in [2.75, 3.05) is 0 Å². The Hall–Kier alpha value is -7.42. The van der Waals surface area contributed by atoms with Crippen molar-refractivity contribution in [3.05, 3.63) is 225 Å². The van der Waals surface area contributed by atoms with E-state index < -0.39 is 14.3 Å². The number of pyridine rings is 2. The van der Waals surface area contributed by atoms with E-state index in [-0.39, 0.29) is 0 Å². The van der Waals surface area contributed by atoms with Gasteiger partial charge in [0, 0.05) is 65.1 Å². The van der Waals surface area contributed by atoms with Crippen molar-refractivity contribution in [3.8, 4) is 11.3 Å². The van der Waals surface area contributed by atoms with Gasteiger partial charge in [0.25, 0.3) is 0 Å². The Morgan fingerprint density at radius 2 is 0.921 bits per heavy atom. The van der Waals surface area contributed by atoms with Crippen molar-refractivity contribution in [2.45, 2.75) is 0 Å². The topological polar surface area (TPSA) is 64.3 Å². The standard InChI is InChI=1S/C56H37N3O2P2/c60-62(40-17-5-1-6-18-40,41-19-7-2-8-20-41)44-31-34-51-52(36-44)59-55-45-32-30-39(35-38(45)29-33-49(55)46-25-13-16-28-50(46)56(59)58-51)54-48-27-15-14-26-47(48)53(37-57-54)63(61,42-21-9-3-10-22-42)43-23-11-4-12-24-43/h1-37H. The van der Waals surface area contributed by atoms with Crippen LogP contribution in [0.15, 0.2) is 225 Å². The van der Waals surface area contributed by atoms with E-state index in [1.54, 1.807) is 0 Å². The summed E-state index contributed by atoms with van der Waals surface area (Å²) < 4.78 is 33.5. The molecule has 0 unspecified atom stereocenters. The van der Waals surface area contributed by atoms with Crippen molar-refractivity contribution < 1.29 is 9.13 Å². The van der Waals surface area contributed by atoms with Crippen LogP contribution in [0.1, 0.15) is 0 Å². The Morgan fingerprint density at radius 3 is 1.54 bits per heavy atom. The normalized spacial score (nSPS) is 12.3. The molecule has 63 heavy (non-hydrogen) atoms. The average Bonchev–Trinajstić information content (AvgIpc) is 3.75. The number of aromatic nitrogens is 3. The van der Waals surface area contributed by atoms with Crippen LogP contribution in [0.25, 0.3) is 71.2 Å². The SMILES string of the molecule is O=P(c1ccccc1)(c1ccccc1)c1ccc2nc3c4ccccc4c4ccc5cc(-c6ncc(P(=O)(c7ccccc7)c7ccccc7)c7ccccc67)ccc5c4n3c2c1. The highest BCUT2D eigenvalue weighted by Gasteiger charge is 2.33. The van der Waals surface area contributed by atoms with Gasteiger partial charge >= 0.3 is 0 Å². The van der Waals surface area contributed by atoms with Crippen molar-refractivity contribution in [1.29, 1.82) is 0 Å². The molecule has 0 radical (unpaired) electrons. The van der Waals surface area contributed by atoms with E-state index in [0.29, 0.717) is 0 Å². The number of fused-ring (bicyclic) bond motifs is 11. The van der Waals surface area contributed by atoms with E-state index >= 15 is 9.13 Å². The molecule has 0 saturated carbocycles. The lowest BCUT2D eigenvalue weighted by Crippen LogP contribution is -2.26. The zero-order chi connectivity index (χ0) is 42.1. The summed E-state index contributed by atoms with van der Waals surface area (Å²) in [6, 6.07) is 72.9. The Bertz CT molecular complexity index is 3770. The van der Waals surface area contributed by atoms with E-state index in [2.05, 4.69) is 77.2 Å². The van der Waals surface area contributed by atoms with Gasteiger partial charge in [-0.3, -0.25) is 9.38 Å². The molecule has 7 heteroatoms. The van der Waals surface area contributed by atoms with Crippen LogP contribution in [0.5, 0.6) is 0 Å². The molecule has 0 N–H and O–H groups in total. The average molecular weight is 846 g/mol. The van der Waals surface area contributed by atoms with Crippen LogP contribution in [0.4, 0.5) is 0 Å². The number of hydrogen-bond donors (Lipinski definition) is 0. The number of rotatable bonds is 7. The third-order valence-electron chi connectivity index (χ3n) is 12.5. The highest BCUT2D eigenvalue weighted by atomic mass is 31.2. The first-order valence-corrected chi connectivity index (χ1v) is 24.4. The van der Waals surface area contributed by atoms with Crippen LogP contribution >= 0.6 is 14.3 Å². The minimum absolute atomic E-state index is 0.718. The third-order valence-corrected chi connectivity index (χ3v) is 18.7. The van der Waals surface area contributed by atoms with E-state index in [1.807, 2.05) is 152 Å². The maximum absolute atomic E-state index is 15.6. The Labute approximate surface area is 363 Å². The lowest BCUT2D eigenvalue weighted by Gasteiger charge is -2.22. The minimum Gasteiger partial charge on any atom is -0.309 e. The lowest BCUT2D eigenvalue weighted by atomic mass is 9.97. The molecule has 12 aromatic rings. The summed E-state index contributed by atoms with van der Waals surface area (Å²) in [5.41, 5.74) is 5.38. The van der Waals surface area contributed by atoms with Gasteiger partial charge < -0.3 is 9.13 Å². The summed E-state index contributed by atoms with van der Waals surface area (Å²) in [4.78, 5) is 10.4. The fraction of sp³-hybridized carbons (Fsp3) is 0. The van der Waals surface area contributed by atoms with Gasteiger partial charge in [-0.25, -0.2) is 4.98 Å². The second-order valence-corrected chi connectivity index (χ2v) is 21.5. The van der Waals surface area contributed by atoms with Gasteiger partial charge in [-0.1, -0.05) is 194 Å². The van der Waals surface area contributed by atoms with Crippen molar-refractivity contribution in [1.82, 2.24) is 14.4 Å². The lowest BCUT2D eigenvalue weighted by molar-refractivity contribution is 0.591. The van der Waals surface area contributed by atoms with E-state index in [9.17, 15) is 0 Å². The monoisotopic (exact) mass is 845 g/mol. The molecule has 0 aliphatic heterocycles. The summed E-state index contributed by atoms with van der Waals surface area (Å²) in [6.45, 7) is 0. The molecule has 0 saturated heterocycles. The van der Waals surface area contributed by atoms with E-state index in [1.165, 1.54) is 0 Å². The molecular weight excluding hydrogens is 809 g/mol. The van der Waals surface area contributed by atoms with Gasteiger partial charge in [-0.05, 0) is 40.4 Å². The molecule has 3 heterocycles. The summed E-state index contributed by atoms with van der Waals surface area (Å²) in [5, 5.41) is 11.8. The maximum Gasteiger partial charge on any atom is 0.173 e. The van der Waals surface area contributed by atoms with Gasteiger partial charge in [0.1, 0.15) is 5.65 Å². The number of hydrogen-bond acceptors (Lipinski definition) is 4. The van der Waals surface area contributed by atoms with Crippen molar-refractivity contribution in [2.24, 2.45) is 0 Å². The second-order valence-electron chi connectivity index (χ2n) is 16.0. The first-order chi connectivity index (χ1) is 31.0. The van der Waals surface area contributed by atoms with Crippen LogP contribution in [0.2, 0.25) is 0 Å². The van der Waals surface area contributed by atoms with Gasteiger partial charge in [0.15, 0.2) is 14.3 Å². The molecule has 5 nitrogen and oxygen atoms in total. The van der Waals surface area contributed by atoms with Gasteiger partial charge in [-0.15, -0.1) is 0 Å². The second kappa shape index (κ2) is 14.6. The molecule has 12 rings (SSSR count). The fourth-order valence-corrected chi connectivity index (χ4v) is 15.0. The molecule has 0 amide bonds. The number of benzene rings is 9. The number of nitrogens with zero attached hydrogens (tertiary/aromatic N) is 3. The van der Waals surface area contributed by atoms with Crippen molar-refractivity contribution >= 4 is 106 Å². The van der Waals surface area contributed by atoms with Crippen LogP contribution < -0.4 is 31.8 Å². The van der Waals surface area contributed by atoms with Crippen LogP contribution in [-0.2, 0) is 9.13 Å². The first-order valence-electron chi connectivity index (χ1n) is 21.0. The predicted molar refractivity (Wildman–Crippen MR) is 265 cm³/mol. The zero-order valence-corrected chi connectivity index (χ0v) is 35.7. The largest absolute Gasteiger partial charge is 0.309 e. The zero-order valence-electron chi connectivity index (χ0n) is 33.9. The molecule has 0 atom stereocenters. The van der Waals surface area contributed by atoms with E-state index in [0.717, 1.165) is 103 Å². The van der Waals surface area contributed by atoms with Crippen molar-refractivity contribution in [3.63, 3.8) is 0 Å². The first kappa shape index (κ1) is 37.4. The molecule has 9 aromatic carbocycles. The van der Waals surface area contributed by atoms with Crippen LogP contribution in [0, 0.1) is 0 Å².